The first-order valence-electron chi connectivity index (χ1n) is 4.65. The van der Waals surface area contributed by atoms with Crippen molar-refractivity contribution in [3.8, 4) is 5.75 Å². The van der Waals surface area contributed by atoms with Gasteiger partial charge in [-0.15, -0.1) is 0 Å². The number of rotatable bonds is 1. The fraction of sp³-hybridized carbons (Fsp3) is 0.0833. The highest BCUT2D eigenvalue weighted by Crippen LogP contribution is 2.23. The van der Waals surface area contributed by atoms with Crippen molar-refractivity contribution in [2.45, 2.75) is 6.92 Å². The Kier molecular flexibility index (Phi) is 2.29. The lowest BCUT2D eigenvalue weighted by molar-refractivity contribution is -0.114. The van der Waals surface area contributed by atoms with E-state index in [9.17, 15) is 9.90 Å². The molecule has 0 aliphatic heterocycles. The van der Waals surface area contributed by atoms with Gasteiger partial charge in [-0.3, -0.25) is 4.79 Å². The number of anilines is 1. The molecule has 2 aromatic carbocycles. The van der Waals surface area contributed by atoms with Crippen molar-refractivity contribution in [3.63, 3.8) is 0 Å². The van der Waals surface area contributed by atoms with E-state index in [1.807, 2.05) is 24.3 Å². The molecule has 0 saturated carbocycles. The molecule has 0 fully saturated rings. The van der Waals surface area contributed by atoms with Gasteiger partial charge in [-0.1, -0.05) is 12.1 Å². The number of fused-ring (bicyclic) bond motifs is 1. The van der Waals surface area contributed by atoms with Crippen LogP contribution in [0.15, 0.2) is 36.4 Å². The van der Waals surface area contributed by atoms with E-state index < -0.39 is 0 Å². The van der Waals surface area contributed by atoms with E-state index in [4.69, 9.17) is 0 Å². The van der Waals surface area contributed by atoms with Crippen LogP contribution >= 0.6 is 0 Å². The monoisotopic (exact) mass is 201 g/mol. The first-order valence-corrected chi connectivity index (χ1v) is 4.65. The molecule has 2 aromatic rings. The molecule has 0 aliphatic rings. The van der Waals surface area contributed by atoms with E-state index in [1.54, 1.807) is 12.1 Å². The highest BCUT2D eigenvalue weighted by Gasteiger charge is 1.98. The van der Waals surface area contributed by atoms with Crippen LogP contribution in [0.3, 0.4) is 0 Å². The Morgan fingerprint density at radius 3 is 2.60 bits per heavy atom. The number of phenols is 1. The second-order valence-electron chi connectivity index (χ2n) is 3.43. The quantitative estimate of drug-likeness (QED) is 0.744. The van der Waals surface area contributed by atoms with E-state index >= 15 is 0 Å². The van der Waals surface area contributed by atoms with Gasteiger partial charge in [0.2, 0.25) is 5.91 Å². The Morgan fingerprint density at radius 2 is 1.87 bits per heavy atom. The average molecular weight is 201 g/mol. The van der Waals surface area contributed by atoms with Gasteiger partial charge >= 0.3 is 0 Å². The predicted molar refractivity (Wildman–Crippen MR) is 59.9 cm³/mol. The maximum Gasteiger partial charge on any atom is 0.221 e. The maximum absolute atomic E-state index is 10.9. The summed E-state index contributed by atoms with van der Waals surface area (Å²) in [5.41, 5.74) is 0.737. The zero-order valence-electron chi connectivity index (χ0n) is 8.32. The predicted octanol–water partition coefficient (Wildman–Crippen LogP) is 2.50. The van der Waals surface area contributed by atoms with Crippen molar-refractivity contribution in [2.75, 3.05) is 5.32 Å². The van der Waals surface area contributed by atoms with Crippen molar-refractivity contribution in [3.05, 3.63) is 36.4 Å². The summed E-state index contributed by atoms with van der Waals surface area (Å²) in [5, 5.41) is 13.9. The lowest BCUT2D eigenvalue weighted by Gasteiger charge is -2.04. The Balaban J connectivity index is 2.49. The highest BCUT2D eigenvalue weighted by molar-refractivity contribution is 5.93. The van der Waals surface area contributed by atoms with Crippen LogP contribution in [-0.4, -0.2) is 11.0 Å². The van der Waals surface area contributed by atoms with E-state index in [0.29, 0.717) is 0 Å². The third-order valence-corrected chi connectivity index (χ3v) is 2.14. The molecule has 1 amide bonds. The summed E-state index contributed by atoms with van der Waals surface area (Å²) in [6, 6.07) is 10.7. The Hall–Kier alpha value is -2.03. The van der Waals surface area contributed by atoms with Crippen molar-refractivity contribution in [1.29, 1.82) is 0 Å². The molecule has 0 heterocycles. The molecule has 2 rings (SSSR count). The van der Waals surface area contributed by atoms with E-state index in [1.165, 1.54) is 6.92 Å². The summed E-state index contributed by atoms with van der Waals surface area (Å²) >= 11 is 0. The summed E-state index contributed by atoms with van der Waals surface area (Å²) in [6.07, 6.45) is 0. The Morgan fingerprint density at radius 1 is 1.13 bits per heavy atom. The van der Waals surface area contributed by atoms with Crippen LogP contribution in [0.5, 0.6) is 5.75 Å². The first-order chi connectivity index (χ1) is 7.15. The molecule has 15 heavy (non-hydrogen) atoms. The molecule has 76 valence electrons. The smallest absolute Gasteiger partial charge is 0.221 e. The molecule has 0 spiro atoms. The summed E-state index contributed by atoms with van der Waals surface area (Å²) < 4.78 is 0. The van der Waals surface area contributed by atoms with Crippen molar-refractivity contribution >= 4 is 22.4 Å². The molecule has 3 nitrogen and oxygen atoms in total. The molecule has 2 N–H and O–H groups in total. The lowest BCUT2D eigenvalue weighted by atomic mass is 10.1. The van der Waals surface area contributed by atoms with Crippen molar-refractivity contribution < 1.29 is 9.90 Å². The number of amides is 1. The van der Waals surface area contributed by atoms with E-state index in [-0.39, 0.29) is 11.7 Å². The number of hydrogen-bond donors (Lipinski definition) is 2. The Bertz CT molecular complexity index is 520. The van der Waals surface area contributed by atoms with Crippen LogP contribution in [0.2, 0.25) is 0 Å². The number of aromatic hydroxyl groups is 1. The van der Waals surface area contributed by atoms with Gasteiger partial charge in [-0.25, -0.2) is 0 Å². The molecule has 0 bridgehead atoms. The first kappa shape index (κ1) is 9.52. The number of benzene rings is 2. The molecule has 0 aliphatic carbocycles. The van der Waals surface area contributed by atoms with Crippen LogP contribution in [-0.2, 0) is 4.79 Å². The maximum atomic E-state index is 10.9. The van der Waals surface area contributed by atoms with Gasteiger partial charge in [0.1, 0.15) is 5.75 Å². The lowest BCUT2D eigenvalue weighted by Crippen LogP contribution is -2.05. The molecule has 0 saturated heterocycles. The van der Waals surface area contributed by atoms with Crippen LogP contribution in [0, 0.1) is 0 Å². The molecule has 0 radical (unpaired) electrons. The zero-order chi connectivity index (χ0) is 10.8. The van der Waals surface area contributed by atoms with Crippen LogP contribution in [0.4, 0.5) is 5.69 Å². The molecule has 0 aromatic heterocycles. The van der Waals surface area contributed by atoms with Gasteiger partial charge in [0, 0.05) is 12.6 Å². The fourth-order valence-electron chi connectivity index (χ4n) is 1.52. The summed E-state index contributed by atoms with van der Waals surface area (Å²) in [4.78, 5) is 10.9. The standard InChI is InChI=1S/C12H11NO2/c1-8(14)13-11-4-2-9-3-5-12(15)7-10(9)6-11/h2-7,15H,1H3,(H,13,14). The van der Waals surface area contributed by atoms with Gasteiger partial charge in [0.15, 0.2) is 0 Å². The number of carbonyl (C=O) groups excluding carboxylic acids is 1. The highest BCUT2D eigenvalue weighted by atomic mass is 16.3. The van der Waals surface area contributed by atoms with Crippen LogP contribution < -0.4 is 5.32 Å². The van der Waals surface area contributed by atoms with Crippen molar-refractivity contribution in [2.24, 2.45) is 0 Å². The SMILES string of the molecule is CC(=O)Nc1ccc2ccc(O)cc2c1. The summed E-state index contributed by atoms with van der Waals surface area (Å²) in [6.45, 7) is 1.46. The second-order valence-corrected chi connectivity index (χ2v) is 3.43. The minimum atomic E-state index is -0.102. The molecular weight excluding hydrogens is 190 g/mol. The number of hydrogen-bond acceptors (Lipinski definition) is 2. The van der Waals surface area contributed by atoms with Crippen molar-refractivity contribution in [1.82, 2.24) is 0 Å². The zero-order valence-corrected chi connectivity index (χ0v) is 8.32. The van der Waals surface area contributed by atoms with Gasteiger partial charge < -0.3 is 10.4 Å². The summed E-state index contributed by atoms with van der Waals surface area (Å²) in [5.74, 6) is 0.122. The van der Waals surface area contributed by atoms with Gasteiger partial charge in [-0.2, -0.15) is 0 Å². The minimum absolute atomic E-state index is 0.102. The van der Waals surface area contributed by atoms with Crippen LogP contribution in [0.1, 0.15) is 6.92 Å². The second kappa shape index (κ2) is 3.61. The molecule has 3 heteroatoms. The number of carbonyl (C=O) groups is 1. The normalized spacial score (nSPS) is 10.2. The fourth-order valence-corrected chi connectivity index (χ4v) is 1.52. The Labute approximate surface area is 87.3 Å². The number of nitrogens with one attached hydrogen (secondary N) is 1. The molecular formula is C12H11NO2. The summed E-state index contributed by atoms with van der Waals surface area (Å²) in [7, 11) is 0. The van der Waals surface area contributed by atoms with E-state index in [2.05, 4.69) is 5.32 Å². The minimum Gasteiger partial charge on any atom is -0.508 e. The van der Waals surface area contributed by atoms with Gasteiger partial charge in [-0.05, 0) is 35.0 Å². The largest absolute Gasteiger partial charge is 0.508 e. The third-order valence-electron chi connectivity index (χ3n) is 2.14. The van der Waals surface area contributed by atoms with E-state index in [0.717, 1.165) is 16.5 Å². The van der Waals surface area contributed by atoms with Gasteiger partial charge in [0.05, 0.1) is 0 Å². The van der Waals surface area contributed by atoms with Gasteiger partial charge in [0.25, 0.3) is 0 Å². The number of phenolic OH excluding ortho intramolecular Hbond substituents is 1. The molecule has 0 atom stereocenters. The topological polar surface area (TPSA) is 49.3 Å². The van der Waals surface area contributed by atoms with Crippen LogP contribution in [0.25, 0.3) is 10.8 Å². The average Bonchev–Trinajstić information content (AvgIpc) is 2.16. The third kappa shape index (κ3) is 2.07. The molecule has 0 unspecified atom stereocenters.